The molecule has 1 aromatic carbocycles. The van der Waals surface area contributed by atoms with E-state index in [4.69, 9.17) is 10.5 Å². The lowest BCUT2D eigenvalue weighted by molar-refractivity contribution is 0.0997. The number of carbonyl (C=O) groups is 1. The number of methoxy groups -OCH3 is 1. The van der Waals surface area contributed by atoms with E-state index in [2.05, 4.69) is 4.72 Å². The summed E-state index contributed by atoms with van der Waals surface area (Å²) in [6, 6.07) is 3.88. The third-order valence-electron chi connectivity index (χ3n) is 4.67. The number of carbonyl (C=O) groups excluding carboxylic acids is 1. The molecule has 158 valence electrons. The summed E-state index contributed by atoms with van der Waals surface area (Å²) in [5, 5.41) is 0. The number of nitrogens with zero attached hydrogens (tertiary/aromatic N) is 2. The summed E-state index contributed by atoms with van der Waals surface area (Å²) in [6.07, 6.45) is 1.09. The number of amides is 1. The molecule has 0 aliphatic carbocycles. The fraction of sp³-hybridized carbons (Fsp3) is 0.562. The molecule has 0 radical (unpaired) electrons. The number of sulfonamides is 1. The molecule has 12 heteroatoms. The quantitative estimate of drug-likeness (QED) is 0.570. The highest BCUT2D eigenvalue weighted by Gasteiger charge is 2.30. The van der Waals surface area contributed by atoms with Gasteiger partial charge in [-0.3, -0.25) is 4.79 Å². The molecule has 0 bridgehead atoms. The van der Waals surface area contributed by atoms with Gasteiger partial charge in [-0.15, -0.1) is 0 Å². The molecule has 1 saturated heterocycles. The first-order valence-corrected chi connectivity index (χ1v) is 11.5. The van der Waals surface area contributed by atoms with Crippen molar-refractivity contribution < 1.29 is 26.4 Å². The largest absolute Gasteiger partial charge is 0.496 e. The van der Waals surface area contributed by atoms with Gasteiger partial charge >= 0.3 is 0 Å². The molecule has 1 aliphatic rings. The van der Waals surface area contributed by atoms with Gasteiger partial charge in [0.2, 0.25) is 10.0 Å². The monoisotopic (exact) mass is 434 g/mol. The zero-order chi connectivity index (χ0) is 21.1. The third-order valence-corrected chi connectivity index (χ3v) is 8.03. The SMILES string of the molecule is COc1ccc(S(=O)(=O)NCC2CCN(S(=O)(=O)N(C)C)CC2)cc1C(N)=O. The van der Waals surface area contributed by atoms with Crippen LogP contribution in [-0.2, 0) is 20.2 Å². The van der Waals surface area contributed by atoms with E-state index in [9.17, 15) is 21.6 Å². The summed E-state index contributed by atoms with van der Waals surface area (Å²) in [5.74, 6) is -0.582. The van der Waals surface area contributed by atoms with Crippen LogP contribution in [0.2, 0.25) is 0 Å². The summed E-state index contributed by atoms with van der Waals surface area (Å²) in [5.41, 5.74) is 5.25. The summed E-state index contributed by atoms with van der Waals surface area (Å²) in [4.78, 5) is 11.4. The zero-order valence-corrected chi connectivity index (χ0v) is 17.7. The van der Waals surface area contributed by atoms with E-state index in [1.54, 1.807) is 0 Å². The van der Waals surface area contributed by atoms with Crippen molar-refractivity contribution in [2.24, 2.45) is 11.7 Å². The molecule has 1 aliphatic heterocycles. The first-order valence-electron chi connectivity index (χ1n) is 8.64. The summed E-state index contributed by atoms with van der Waals surface area (Å²) in [7, 11) is -2.99. The molecule has 0 aromatic heterocycles. The Hall–Kier alpha value is -1.73. The average Bonchev–Trinajstić information content (AvgIpc) is 2.66. The van der Waals surface area contributed by atoms with Crippen molar-refractivity contribution >= 4 is 26.1 Å². The molecule has 1 aromatic rings. The molecule has 10 nitrogen and oxygen atoms in total. The highest BCUT2D eigenvalue weighted by atomic mass is 32.2. The molecule has 0 unspecified atom stereocenters. The normalized spacial score (nSPS) is 17.0. The standard InChI is InChI=1S/C16H26N4O6S2/c1-19(2)28(24,25)20-8-6-12(7-9-20)11-18-27(22,23)13-4-5-15(26-3)14(10-13)16(17)21/h4-5,10,12,18H,6-9,11H2,1-3H3,(H2,17,21). The molecule has 28 heavy (non-hydrogen) atoms. The van der Waals surface area contributed by atoms with Crippen LogP contribution in [0.3, 0.4) is 0 Å². The van der Waals surface area contributed by atoms with Gasteiger partial charge in [0.15, 0.2) is 0 Å². The fourth-order valence-corrected chi connectivity index (χ4v) is 5.21. The highest BCUT2D eigenvalue weighted by molar-refractivity contribution is 7.89. The van der Waals surface area contributed by atoms with Gasteiger partial charge in [0.05, 0.1) is 17.6 Å². The van der Waals surface area contributed by atoms with E-state index in [1.807, 2.05) is 0 Å². The Kier molecular flexibility index (Phi) is 7.04. The van der Waals surface area contributed by atoms with Crippen molar-refractivity contribution in [2.75, 3.05) is 40.8 Å². The minimum Gasteiger partial charge on any atom is -0.496 e. The molecule has 0 atom stereocenters. The van der Waals surface area contributed by atoms with Crippen molar-refractivity contribution in [1.82, 2.24) is 13.3 Å². The van der Waals surface area contributed by atoms with E-state index < -0.39 is 26.1 Å². The Morgan fingerprint density at radius 3 is 2.36 bits per heavy atom. The smallest absolute Gasteiger partial charge is 0.281 e. The Morgan fingerprint density at radius 1 is 1.25 bits per heavy atom. The van der Waals surface area contributed by atoms with Crippen LogP contribution < -0.4 is 15.2 Å². The number of hydrogen-bond donors (Lipinski definition) is 2. The summed E-state index contributed by atoms with van der Waals surface area (Å²) in [6.45, 7) is 0.846. The fourth-order valence-electron chi connectivity index (χ4n) is 2.93. The van der Waals surface area contributed by atoms with Crippen LogP contribution in [0.25, 0.3) is 0 Å². The number of hydrogen-bond acceptors (Lipinski definition) is 6. The van der Waals surface area contributed by atoms with Crippen molar-refractivity contribution in [3.8, 4) is 5.75 Å². The maximum atomic E-state index is 12.5. The lowest BCUT2D eigenvalue weighted by Crippen LogP contribution is -2.45. The van der Waals surface area contributed by atoms with Crippen LogP contribution in [0.1, 0.15) is 23.2 Å². The van der Waals surface area contributed by atoms with Crippen LogP contribution in [-0.4, -0.2) is 72.2 Å². The number of ether oxygens (including phenoxy) is 1. The Labute approximate surface area is 165 Å². The van der Waals surface area contributed by atoms with Crippen LogP contribution >= 0.6 is 0 Å². The highest BCUT2D eigenvalue weighted by Crippen LogP contribution is 2.23. The number of benzene rings is 1. The van der Waals surface area contributed by atoms with Crippen molar-refractivity contribution in [1.29, 1.82) is 0 Å². The van der Waals surface area contributed by atoms with Crippen molar-refractivity contribution in [3.63, 3.8) is 0 Å². The van der Waals surface area contributed by atoms with Gasteiger partial charge in [0, 0.05) is 33.7 Å². The van der Waals surface area contributed by atoms with Gasteiger partial charge in [-0.25, -0.2) is 13.1 Å². The van der Waals surface area contributed by atoms with Crippen LogP contribution in [0.4, 0.5) is 0 Å². The van der Waals surface area contributed by atoms with E-state index in [0.29, 0.717) is 25.9 Å². The second kappa shape index (κ2) is 8.74. The number of rotatable bonds is 8. The van der Waals surface area contributed by atoms with E-state index in [0.717, 1.165) is 4.31 Å². The molecule has 1 fully saturated rings. The molecule has 2 rings (SSSR count). The van der Waals surface area contributed by atoms with Gasteiger partial charge in [-0.1, -0.05) is 0 Å². The molecule has 0 spiro atoms. The predicted molar refractivity (Wildman–Crippen MR) is 104 cm³/mol. The predicted octanol–water partition coefficient (Wildman–Crippen LogP) is -0.409. The molecule has 1 amide bonds. The first kappa shape index (κ1) is 22.6. The molecular formula is C16H26N4O6S2. The van der Waals surface area contributed by atoms with Crippen molar-refractivity contribution in [3.05, 3.63) is 23.8 Å². The second-order valence-electron chi connectivity index (χ2n) is 6.71. The third kappa shape index (κ3) is 5.00. The topological polar surface area (TPSA) is 139 Å². The Morgan fingerprint density at radius 2 is 1.86 bits per heavy atom. The average molecular weight is 435 g/mol. The Bertz CT molecular complexity index is 922. The van der Waals surface area contributed by atoms with E-state index in [1.165, 1.54) is 43.7 Å². The van der Waals surface area contributed by atoms with E-state index >= 15 is 0 Å². The number of nitrogens with one attached hydrogen (secondary N) is 1. The molecular weight excluding hydrogens is 408 g/mol. The minimum atomic E-state index is -3.85. The Balaban J connectivity index is 2.02. The van der Waals surface area contributed by atoms with Crippen LogP contribution in [0, 0.1) is 5.92 Å². The lowest BCUT2D eigenvalue weighted by Gasteiger charge is -2.32. The number of piperidine rings is 1. The summed E-state index contributed by atoms with van der Waals surface area (Å²) < 4.78 is 59.4. The molecule has 3 N–H and O–H groups in total. The minimum absolute atomic E-state index is 0.0113. The first-order chi connectivity index (χ1) is 13.0. The second-order valence-corrected chi connectivity index (χ2v) is 10.6. The van der Waals surface area contributed by atoms with Gasteiger partial charge in [0.25, 0.3) is 16.1 Å². The number of primary amides is 1. The van der Waals surface area contributed by atoms with E-state index in [-0.39, 0.29) is 28.7 Å². The van der Waals surface area contributed by atoms with Gasteiger partial charge in [-0.05, 0) is 37.0 Å². The zero-order valence-electron chi connectivity index (χ0n) is 16.1. The molecule has 1 heterocycles. The maximum Gasteiger partial charge on any atom is 0.281 e. The molecule has 0 saturated carbocycles. The van der Waals surface area contributed by atoms with Gasteiger partial charge in [0.1, 0.15) is 5.75 Å². The van der Waals surface area contributed by atoms with Crippen LogP contribution in [0.5, 0.6) is 5.75 Å². The van der Waals surface area contributed by atoms with Crippen LogP contribution in [0.15, 0.2) is 23.1 Å². The number of nitrogens with two attached hydrogens (primary N) is 1. The van der Waals surface area contributed by atoms with Gasteiger partial charge < -0.3 is 10.5 Å². The maximum absolute atomic E-state index is 12.5. The van der Waals surface area contributed by atoms with Gasteiger partial charge in [-0.2, -0.15) is 17.0 Å². The lowest BCUT2D eigenvalue weighted by atomic mass is 9.99. The van der Waals surface area contributed by atoms with Crippen molar-refractivity contribution in [2.45, 2.75) is 17.7 Å². The summed E-state index contributed by atoms with van der Waals surface area (Å²) >= 11 is 0.